The van der Waals surface area contributed by atoms with Crippen LogP contribution in [0, 0.1) is 13.8 Å². The van der Waals surface area contributed by atoms with Gasteiger partial charge in [0.05, 0.1) is 24.1 Å². The summed E-state index contributed by atoms with van der Waals surface area (Å²) in [5.41, 5.74) is 3.67. The SMILES string of the molecule is COc1ccc(C2c3c(oc4cc(C)c(C)cc4c3=O)C(=O)N2CCCN(C)C)cc1. The molecule has 1 aliphatic rings. The third-order valence-corrected chi connectivity index (χ3v) is 6.02. The second kappa shape index (κ2) is 8.19. The van der Waals surface area contributed by atoms with Gasteiger partial charge in [0.25, 0.3) is 5.91 Å². The smallest absolute Gasteiger partial charge is 0.290 e. The molecule has 6 heteroatoms. The molecule has 1 unspecified atom stereocenters. The van der Waals surface area contributed by atoms with Crippen molar-refractivity contribution in [2.75, 3.05) is 34.3 Å². The van der Waals surface area contributed by atoms with E-state index in [0.29, 0.717) is 23.1 Å². The monoisotopic (exact) mass is 420 g/mol. The first kappa shape index (κ1) is 21.1. The summed E-state index contributed by atoms with van der Waals surface area (Å²) in [7, 11) is 5.62. The molecule has 6 nitrogen and oxygen atoms in total. The van der Waals surface area contributed by atoms with Gasteiger partial charge in [-0.25, -0.2) is 0 Å². The normalized spacial score (nSPS) is 15.7. The van der Waals surface area contributed by atoms with Crippen LogP contribution in [0.25, 0.3) is 11.0 Å². The fourth-order valence-corrected chi connectivity index (χ4v) is 4.20. The standard InChI is InChI=1S/C25H28N2O4/c1-15-13-19-20(14-16(15)2)31-24-21(23(19)28)22(17-7-9-18(30-5)10-8-17)27(25(24)29)12-6-11-26(3)4/h7-10,13-14,22H,6,11-12H2,1-5H3. The highest BCUT2D eigenvalue weighted by Gasteiger charge is 2.42. The average molecular weight is 421 g/mol. The molecular weight excluding hydrogens is 392 g/mol. The van der Waals surface area contributed by atoms with E-state index in [0.717, 1.165) is 35.4 Å². The van der Waals surface area contributed by atoms with Crippen molar-refractivity contribution in [1.29, 1.82) is 0 Å². The van der Waals surface area contributed by atoms with Gasteiger partial charge in [-0.15, -0.1) is 0 Å². The number of rotatable bonds is 6. The molecule has 1 aliphatic heterocycles. The van der Waals surface area contributed by atoms with Crippen LogP contribution in [-0.4, -0.2) is 50.0 Å². The molecule has 31 heavy (non-hydrogen) atoms. The number of carbonyl (C=O) groups excluding carboxylic acids is 1. The predicted octanol–water partition coefficient (Wildman–Crippen LogP) is 3.92. The van der Waals surface area contributed by atoms with E-state index in [1.54, 1.807) is 12.0 Å². The fourth-order valence-electron chi connectivity index (χ4n) is 4.20. The summed E-state index contributed by atoms with van der Waals surface area (Å²) in [5, 5.41) is 0.517. The highest BCUT2D eigenvalue weighted by Crippen LogP contribution is 2.38. The summed E-state index contributed by atoms with van der Waals surface area (Å²) in [6, 6.07) is 10.8. The van der Waals surface area contributed by atoms with E-state index in [1.165, 1.54) is 0 Å². The molecule has 0 N–H and O–H groups in total. The van der Waals surface area contributed by atoms with Gasteiger partial charge in [-0.1, -0.05) is 12.1 Å². The number of aryl methyl sites for hydroxylation is 2. The van der Waals surface area contributed by atoms with Crippen LogP contribution in [0.1, 0.15) is 45.3 Å². The zero-order chi connectivity index (χ0) is 22.3. The Balaban J connectivity index is 1.88. The summed E-state index contributed by atoms with van der Waals surface area (Å²) in [5.74, 6) is 0.655. The van der Waals surface area contributed by atoms with E-state index in [-0.39, 0.29) is 17.1 Å². The molecule has 0 radical (unpaired) electrons. The molecule has 3 aromatic rings. The highest BCUT2D eigenvalue weighted by molar-refractivity contribution is 5.99. The van der Waals surface area contributed by atoms with Gasteiger partial charge < -0.3 is 19.0 Å². The Labute approximate surface area is 182 Å². The fraction of sp³-hybridized carbons (Fsp3) is 0.360. The van der Waals surface area contributed by atoms with Gasteiger partial charge in [0, 0.05) is 6.54 Å². The lowest BCUT2D eigenvalue weighted by atomic mass is 9.97. The summed E-state index contributed by atoms with van der Waals surface area (Å²) in [6.07, 6.45) is 0.797. The van der Waals surface area contributed by atoms with Gasteiger partial charge in [0.2, 0.25) is 5.76 Å². The number of ether oxygens (including phenoxy) is 1. The zero-order valence-corrected chi connectivity index (χ0v) is 18.7. The Kier molecular flexibility index (Phi) is 5.58. The van der Waals surface area contributed by atoms with Crippen molar-refractivity contribution in [2.24, 2.45) is 0 Å². The molecule has 0 fully saturated rings. The number of benzene rings is 2. The topological polar surface area (TPSA) is 63.0 Å². The van der Waals surface area contributed by atoms with Crippen molar-refractivity contribution in [3.05, 3.63) is 74.6 Å². The minimum atomic E-state index is -0.474. The lowest BCUT2D eigenvalue weighted by molar-refractivity contribution is 0.0722. The Hall–Kier alpha value is -3.12. The van der Waals surface area contributed by atoms with E-state index in [9.17, 15) is 9.59 Å². The third-order valence-electron chi connectivity index (χ3n) is 6.02. The number of hydrogen-bond donors (Lipinski definition) is 0. The molecule has 162 valence electrons. The van der Waals surface area contributed by atoms with Crippen molar-refractivity contribution < 1.29 is 13.9 Å². The van der Waals surface area contributed by atoms with Gasteiger partial charge in [0.15, 0.2) is 5.43 Å². The number of carbonyl (C=O) groups is 1. The van der Waals surface area contributed by atoms with Crippen molar-refractivity contribution in [3.63, 3.8) is 0 Å². The lowest BCUT2D eigenvalue weighted by Gasteiger charge is -2.25. The highest BCUT2D eigenvalue weighted by atomic mass is 16.5. The largest absolute Gasteiger partial charge is 0.497 e. The predicted molar refractivity (Wildman–Crippen MR) is 121 cm³/mol. The van der Waals surface area contributed by atoms with Gasteiger partial charge in [-0.2, -0.15) is 0 Å². The summed E-state index contributed by atoms with van der Waals surface area (Å²) in [6.45, 7) is 5.32. The molecule has 0 bridgehead atoms. The maximum atomic E-state index is 13.6. The minimum Gasteiger partial charge on any atom is -0.497 e. The number of fused-ring (bicyclic) bond motifs is 2. The maximum Gasteiger partial charge on any atom is 0.290 e. The van der Waals surface area contributed by atoms with Crippen LogP contribution in [0.5, 0.6) is 5.75 Å². The molecule has 1 amide bonds. The first-order valence-corrected chi connectivity index (χ1v) is 10.5. The van der Waals surface area contributed by atoms with E-state index in [4.69, 9.17) is 9.15 Å². The Morgan fingerprint density at radius 2 is 1.74 bits per heavy atom. The van der Waals surface area contributed by atoms with Crippen molar-refractivity contribution >= 4 is 16.9 Å². The van der Waals surface area contributed by atoms with Gasteiger partial charge in [-0.3, -0.25) is 9.59 Å². The van der Waals surface area contributed by atoms with E-state index < -0.39 is 6.04 Å². The van der Waals surface area contributed by atoms with Gasteiger partial charge in [0.1, 0.15) is 11.3 Å². The van der Waals surface area contributed by atoms with Crippen molar-refractivity contribution in [3.8, 4) is 5.75 Å². The summed E-state index contributed by atoms with van der Waals surface area (Å²) >= 11 is 0. The third kappa shape index (κ3) is 3.72. The van der Waals surface area contributed by atoms with Crippen molar-refractivity contribution in [2.45, 2.75) is 26.3 Å². The first-order valence-electron chi connectivity index (χ1n) is 10.5. The van der Waals surface area contributed by atoms with Gasteiger partial charge >= 0.3 is 0 Å². The molecular formula is C25H28N2O4. The second-order valence-electron chi connectivity index (χ2n) is 8.44. The molecule has 1 atom stereocenters. The Bertz CT molecular complexity index is 1190. The van der Waals surface area contributed by atoms with Gasteiger partial charge in [-0.05, 0) is 81.9 Å². The quantitative estimate of drug-likeness (QED) is 0.605. The first-order chi connectivity index (χ1) is 14.8. The summed E-state index contributed by atoms with van der Waals surface area (Å²) < 4.78 is 11.3. The van der Waals surface area contributed by atoms with Crippen LogP contribution in [0.15, 0.2) is 45.6 Å². The number of amides is 1. The Morgan fingerprint density at radius 3 is 2.39 bits per heavy atom. The van der Waals surface area contributed by atoms with Crippen LogP contribution in [0.4, 0.5) is 0 Å². The zero-order valence-electron chi connectivity index (χ0n) is 18.7. The van der Waals surface area contributed by atoms with Crippen LogP contribution < -0.4 is 10.2 Å². The molecule has 2 heterocycles. The molecule has 0 aliphatic carbocycles. The average Bonchev–Trinajstić information content (AvgIpc) is 3.02. The molecule has 0 spiro atoms. The van der Waals surface area contributed by atoms with E-state index in [2.05, 4.69) is 4.90 Å². The number of hydrogen-bond acceptors (Lipinski definition) is 5. The van der Waals surface area contributed by atoms with E-state index >= 15 is 0 Å². The maximum absolute atomic E-state index is 13.6. The van der Waals surface area contributed by atoms with Crippen LogP contribution in [0.2, 0.25) is 0 Å². The second-order valence-corrected chi connectivity index (χ2v) is 8.44. The molecule has 0 saturated carbocycles. The minimum absolute atomic E-state index is 0.136. The Morgan fingerprint density at radius 1 is 1.06 bits per heavy atom. The van der Waals surface area contributed by atoms with E-state index in [1.807, 2.05) is 64.3 Å². The van der Waals surface area contributed by atoms with Crippen LogP contribution >= 0.6 is 0 Å². The number of methoxy groups -OCH3 is 1. The molecule has 0 saturated heterocycles. The number of nitrogens with zero attached hydrogens (tertiary/aromatic N) is 2. The van der Waals surface area contributed by atoms with Crippen LogP contribution in [0.3, 0.4) is 0 Å². The molecule has 2 aromatic carbocycles. The molecule has 1 aromatic heterocycles. The molecule has 4 rings (SSSR count). The lowest BCUT2D eigenvalue weighted by Crippen LogP contribution is -2.32. The van der Waals surface area contributed by atoms with Crippen molar-refractivity contribution in [1.82, 2.24) is 9.80 Å². The van der Waals surface area contributed by atoms with Crippen LogP contribution in [-0.2, 0) is 0 Å². The summed E-state index contributed by atoms with van der Waals surface area (Å²) in [4.78, 5) is 30.8.